The number of hydrogen-bond acceptors (Lipinski definition) is 2. The molecule has 5 rings (SSSR count). The minimum Gasteiger partial charge on any atom is -0.658 e. The van der Waals surface area contributed by atoms with Gasteiger partial charge < -0.3 is 9.97 Å². The van der Waals surface area contributed by atoms with Gasteiger partial charge in [0.05, 0.1) is 11.4 Å². The molecule has 0 fully saturated rings. The molecule has 2 aliphatic heterocycles. The predicted octanol–water partition coefficient (Wildman–Crippen LogP) is 4.26. The van der Waals surface area contributed by atoms with Gasteiger partial charge in [-0.1, -0.05) is 56.3 Å². The van der Waals surface area contributed by atoms with Gasteiger partial charge in [-0.15, -0.1) is 22.1 Å². The molecule has 3 aromatic rings. The Labute approximate surface area is 170 Å². The maximum absolute atomic E-state index is 4.86. The van der Waals surface area contributed by atoms with Crippen LogP contribution in [0.4, 0.5) is 0 Å². The van der Waals surface area contributed by atoms with Gasteiger partial charge in [-0.3, -0.25) is 4.98 Å². The standard InChI is InChI=1S/C22H18N4.Zn/c1-22(2)13-20-11-18-6-5-16(24-18)9-14-3-4-15(23-14)10-17-7-8-19(25-17)12-21(22)26-20;/h3-12H,13H2,1-2H3;/q-2;+2. The molecule has 0 spiro atoms. The van der Waals surface area contributed by atoms with Crippen LogP contribution in [0.3, 0.4) is 0 Å². The van der Waals surface area contributed by atoms with Crippen molar-refractivity contribution in [1.82, 2.24) is 19.9 Å². The van der Waals surface area contributed by atoms with E-state index in [-0.39, 0.29) is 24.9 Å². The molecule has 3 aromatic heterocycles. The predicted molar refractivity (Wildman–Crippen MR) is 105 cm³/mol. The molecule has 27 heavy (non-hydrogen) atoms. The Morgan fingerprint density at radius 2 is 1.30 bits per heavy atom. The number of fused-ring (bicyclic) bond motifs is 8. The first-order chi connectivity index (χ1) is 12.5. The van der Waals surface area contributed by atoms with E-state index >= 15 is 0 Å². The van der Waals surface area contributed by atoms with Gasteiger partial charge in [0.25, 0.3) is 0 Å². The van der Waals surface area contributed by atoms with Crippen molar-refractivity contribution >= 4 is 34.2 Å². The van der Waals surface area contributed by atoms with E-state index in [0.717, 1.165) is 51.3 Å². The van der Waals surface area contributed by atoms with Crippen LogP contribution in [0.1, 0.15) is 36.6 Å². The second-order valence-corrected chi connectivity index (χ2v) is 7.51. The third-order valence-electron chi connectivity index (χ3n) is 4.82. The molecule has 8 bridgehead atoms. The van der Waals surface area contributed by atoms with Crippen molar-refractivity contribution in [2.75, 3.05) is 0 Å². The van der Waals surface area contributed by atoms with Gasteiger partial charge in [-0.05, 0) is 18.2 Å². The zero-order valence-electron chi connectivity index (χ0n) is 15.5. The Balaban J connectivity index is 0.00000180. The molecule has 2 aliphatic rings. The molecule has 5 heterocycles. The maximum Gasteiger partial charge on any atom is 2.00 e. The zero-order chi connectivity index (χ0) is 17.7. The molecular formula is C22H18N4Zn. The minimum absolute atomic E-state index is 0. The molecule has 0 aliphatic carbocycles. The summed E-state index contributed by atoms with van der Waals surface area (Å²) < 4.78 is 0. The van der Waals surface area contributed by atoms with Crippen molar-refractivity contribution in [3.8, 4) is 0 Å². The van der Waals surface area contributed by atoms with E-state index < -0.39 is 0 Å². The van der Waals surface area contributed by atoms with Crippen LogP contribution < -0.4 is 9.97 Å². The summed E-state index contributed by atoms with van der Waals surface area (Å²) in [5.41, 5.74) is 7.62. The van der Waals surface area contributed by atoms with Crippen LogP contribution in [0, 0.1) is 0 Å². The first kappa shape index (κ1) is 17.9. The van der Waals surface area contributed by atoms with E-state index in [2.05, 4.69) is 35.9 Å². The summed E-state index contributed by atoms with van der Waals surface area (Å²) in [6.07, 6.45) is 4.95. The van der Waals surface area contributed by atoms with Crippen molar-refractivity contribution in [1.29, 1.82) is 0 Å². The quantitative estimate of drug-likeness (QED) is 0.412. The van der Waals surface area contributed by atoms with Crippen LogP contribution in [0.2, 0.25) is 0 Å². The van der Waals surface area contributed by atoms with Gasteiger partial charge in [0.1, 0.15) is 0 Å². The van der Waals surface area contributed by atoms with E-state index in [4.69, 9.17) is 9.97 Å². The van der Waals surface area contributed by atoms with Gasteiger partial charge in [0.15, 0.2) is 0 Å². The summed E-state index contributed by atoms with van der Waals surface area (Å²) in [5.74, 6) is 0. The third-order valence-corrected chi connectivity index (χ3v) is 4.82. The van der Waals surface area contributed by atoms with Crippen LogP contribution in [-0.4, -0.2) is 9.97 Å². The van der Waals surface area contributed by atoms with E-state index in [1.165, 1.54) is 0 Å². The average molecular weight is 404 g/mol. The molecule has 4 nitrogen and oxygen atoms in total. The third kappa shape index (κ3) is 3.52. The summed E-state index contributed by atoms with van der Waals surface area (Å²) >= 11 is 0. The molecule has 0 N–H and O–H groups in total. The maximum atomic E-state index is 4.86. The summed E-state index contributed by atoms with van der Waals surface area (Å²) in [7, 11) is 0. The van der Waals surface area contributed by atoms with Gasteiger partial charge >= 0.3 is 19.5 Å². The molecule has 0 saturated heterocycles. The number of hydrogen-bond donors (Lipinski definition) is 0. The van der Waals surface area contributed by atoms with Crippen LogP contribution in [0.15, 0.2) is 48.5 Å². The van der Waals surface area contributed by atoms with Gasteiger partial charge in [0, 0.05) is 23.2 Å². The summed E-state index contributed by atoms with van der Waals surface area (Å²) in [5, 5.41) is 0. The SMILES string of the molecule is CC1(C)Cc2cc3nc(cc4ccc(cc5ccc(cc1n2)[n-]5)[n-]4)C=C3.[Zn+2]. The van der Waals surface area contributed by atoms with Gasteiger partial charge in [-0.2, -0.15) is 0 Å². The van der Waals surface area contributed by atoms with Gasteiger partial charge in [-0.25, -0.2) is 4.98 Å². The van der Waals surface area contributed by atoms with Crippen LogP contribution in [0.5, 0.6) is 0 Å². The van der Waals surface area contributed by atoms with Crippen molar-refractivity contribution < 1.29 is 19.5 Å². The Morgan fingerprint density at radius 1 is 0.741 bits per heavy atom. The fourth-order valence-corrected chi connectivity index (χ4v) is 3.48. The fraction of sp³-hybridized carbons (Fsp3) is 0.182. The average Bonchev–Trinajstić information content (AvgIpc) is 3.32. The summed E-state index contributed by atoms with van der Waals surface area (Å²) in [6, 6.07) is 16.2. The molecule has 0 atom stereocenters. The molecule has 128 valence electrons. The van der Waals surface area contributed by atoms with Crippen molar-refractivity contribution in [3.63, 3.8) is 0 Å². The zero-order valence-corrected chi connectivity index (χ0v) is 18.4. The number of aromatic nitrogens is 4. The Bertz CT molecular complexity index is 1200. The monoisotopic (exact) mass is 402 g/mol. The normalized spacial score (nSPS) is 14.7. The number of rotatable bonds is 0. The van der Waals surface area contributed by atoms with E-state index in [1.54, 1.807) is 0 Å². The molecule has 5 heteroatoms. The van der Waals surface area contributed by atoms with Crippen LogP contribution in [-0.2, 0) is 31.3 Å². The van der Waals surface area contributed by atoms with Crippen molar-refractivity contribution in [2.45, 2.75) is 25.7 Å². The number of nitrogens with zero attached hydrogens (tertiary/aromatic N) is 4. The second-order valence-electron chi connectivity index (χ2n) is 7.51. The Kier molecular flexibility index (Phi) is 4.35. The van der Waals surface area contributed by atoms with Crippen LogP contribution >= 0.6 is 0 Å². The largest absolute Gasteiger partial charge is 2.00 e. The van der Waals surface area contributed by atoms with Gasteiger partial charge in [0.2, 0.25) is 0 Å². The van der Waals surface area contributed by atoms with Crippen LogP contribution in [0.25, 0.3) is 34.2 Å². The summed E-state index contributed by atoms with van der Waals surface area (Å²) in [4.78, 5) is 18.9. The minimum atomic E-state index is -0.00803. The Hall–Kier alpha value is -2.52. The van der Waals surface area contributed by atoms with E-state index in [9.17, 15) is 0 Å². The molecule has 0 unspecified atom stereocenters. The topological polar surface area (TPSA) is 54.0 Å². The first-order valence-corrected chi connectivity index (χ1v) is 8.79. The second kappa shape index (κ2) is 6.58. The fourth-order valence-electron chi connectivity index (χ4n) is 3.48. The molecule has 0 radical (unpaired) electrons. The molecule has 0 amide bonds. The molecule has 0 aromatic carbocycles. The van der Waals surface area contributed by atoms with E-state index in [0.29, 0.717) is 0 Å². The van der Waals surface area contributed by atoms with Crippen molar-refractivity contribution in [2.24, 2.45) is 0 Å². The van der Waals surface area contributed by atoms with Crippen molar-refractivity contribution in [3.05, 3.63) is 71.3 Å². The smallest absolute Gasteiger partial charge is 0.658 e. The Morgan fingerprint density at radius 3 is 1.96 bits per heavy atom. The van der Waals surface area contributed by atoms with E-state index in [1.807, 2.05) is 48.6 Å². The summed E-state index contributed by atoms with van der Waals surface area (Å²) in [6.45, 7) is 4.44. The first-order valence-electron chi connectivity index (χ1n) is 8.79. The molecular weight excluding hydrogens is 386 g/mol. The molecule has 0 saturated carbocycles.